The van der Waals surface area contributed by atoms with Crippen LogP contribution >= 0.6 is 0 Å². The van der Waals surface area contributed by atoms with Crippen LogP contribution in [-0.2, 0) is 6.42 Å². The van der Waals surface area contributed by atoms with Crippen LogP contribution in [-0.4, -0.2) is 118 Å². The van der Waals surface area contributed by atoms with Gasteiger partial charge in [0.2, 0.25) is 0 Å². The molecule has 0 bridgehead atoms. The van der Waals surface area contributed by atoms with Crippen molar-refractivity contribution >= 4 is 63.7 Å². The second kappa shape index (κ2) is 41.7. The van der Waals surface area contributed by atoms with Crippen molar-refractivity contribution in [3.05, 3.63) is 408 Å². The average molecular weight is 1640 g/mol. The lowest BCUT2D eigenvalue weighted by Gasteiger charge is -2.31. The number of aliphatic hydroxyl groups is 1. The Bertz CT molecular complexity index is 6470. The lowest BCUT2D eigenvalue weighted by Crippen LogP contribution is -2.35. The summed E-state index contributed by atoms with van der Waals surface area (Å²) in [4.78, 5) is 161. The molecule has 1 fully saturated rings. The molecule has 0 aliphatic carbocycles. The van der Waals surface area contributed by atoms with Crippen LogP contribution in [0.3, 0.4) is 0 Å². The molecular formula is C96H86N16O11. The van der Waals surface area contributed by atoms with Gasteiger partial charge in [-0.3, -0.25) is 72.9 Å². The molecule has 0 spiro atoms. The Kier molecular flexibility index (Phi) is 29.2. The van der Waals surface area contributed by atoms with Gasteiger partial charge >= 0.3 is 0 Å². The summed E-state index contributed by atoms with van der Waals surface area (Å²) in [7, 11) is 3.31. The molecule has 0 atom stereocenters. The minimum absolute atomic E-state index is 0.0495. The van der Waals surface area contributed by atoms with Crippen molar-refractivity contribution in [1.82, 2.24) is 49.8 Å². The van der Waals surface area contributed by atoms with Crippen molar-refractivity contribution in [2.24, 2.45) is 0 Å². The number of aromatic nitrogens is 10. The molecule has 1 saturated heterocycles. The number of amides is 5. The van der Waals surface area contributed by atoms with Gasteiger partial charge in [0.05, 0.1) is 6.10 Å². The number of aliphatic hydroxyl groups excluding tert-OH is 1. The van der Waals surface area contributed by atoms with Gasteiger partial charge < -0.3 is 60.7 Å². The van der Waals surface area contributed by atoms with E-state index in [1.165, 1.54) is 9.80 Å². The van der Waals surface area contributed by atoms with Crippen LogP contribution in [0.1, 0.15) is 88.2 Å². The van der Waals surface area contributed by atoms with Crippen molar-refractivity contribution in [3.63, 3.8) is 0 Å². The maximum Gasteiger partial charge on any atom is 0.263 e. The maximum atomic E-state index is 12.7. The molecule has 5 aromatic carbocycles. The van der Waals surface area contributed by atoms with Gasteiger partial charge in [0.1, 0.15) is 27.8 Å². The van der Waals surface area contributed by atoms with Crippen molar-refractivity contribution in [3.8, 4) is 55.6 Å². The number of benzene rings is 5. The molecule has 1 aliphatic rings. The number of nitrogens with zero attached hydrogens (tertiary/aromatic N) is 8. The fourth-order valence-electron chi connectivity index (χ4n) is 12.9. The molecule has 123 heavy (non-hydrogen) atoms. The van der Waals surface area contributed by atoms with E-state index in [4.69, 9.17) is 0 Å². The molecular weight excluding hydrogens is 1550 g/mol. The Hall–Kier alpha value is -16.3. The zero-order chi connectivity index (χ0) is 86.7. The number of anilines is 6. The molecule has 616 valence electrons. The number of para-hydroxylation sites is 1. The summed E-state index contributed by atoms with van der Waals surface area (Å²) in [6.45, 7) is 7.58. The number of rotatable bonds is 17. The number of aryl methyl sites for hydroxylation is 3. The Balaban J connectivity index is 0.000000141. The third kappa shape index (κ3) is 23.3. The van der Waals surface area contributed by atoms with Crippen LogP contribution in [0.5, 0.6) is 0 Å². The molecule has 27 heteroatoms. The summed E-state index contributed by atoms with van der Waals surface area (Å²) >= 11 is 0. The van der Waals surface area contributed by atoms with E-state index in [1.807, 2.05) is 197 Å². The summed E-state index contributed by atoms with van der Waals surface area (Å²) in [6, 6.07) is 65.4. The first-order valence-electron chi connectivity index (χ1n) is 39.1. The largest absolute Gasteiger partial charge is 0.393 e. The van der Waals surface area contributed by atoms with E-state index in [2.05, 4.69) is 70.7 Å². The van der Waals surface area contributed by atoms with E-state index in [0.29, 0.717) is 17.1 Å². The first-order chi connectivity index (χ1) is 59.6. The number of aromatic amines is 5. The SMILES string of the molecule is CCc1cccc(NC(=O)c2cc(-c3ccncc3)c[nH]c2=O)c1.CN(C(=O)c1cc(-c2ccncc2)c[nH]c1=O)c1ccccc1.Cc1ccc(N(C)C(=O)c2cc(-c3ccncc3)c[nH]c2=O)cc1.Cc1cccc(NC(=O)c2cc(-c3ccncc3)c[nH]c2=O)c1.O=C(Nc1ccc(N2CCC(O)CC2)cc1)c1cc(-c2ccncc2)c[nH]c1=O. The highest BCUT2D eigenvalue weighted by Gasteiger charge is 2.23. The van der Waals surface area contributed by atoms with Crippen LogP contribution in [0.15, 0.2) is 335 Å². The predicted octanol–water partition coefficient (Wildman–Crippen LogP) is 14.6. The summed E-state index contributed by atoms with van der Waals surface area (Å²) in [6.07, 6.45) is 26.7. The summed E-state index contributed by atoms with van der Waals surface area (Å²) in [5, 5.41) is 17.9. The molecule has 10 aromatic heterocycles. The van der Waals surface area contributed by atoms with E-state index < -0.39 is 45.5 Å². The van der Waals surface area contributed by atoms with Gasteiger partial charge in [-0.15, -0.1) is 0 Å². The van der Waals surface area contributed by atoms with Crippen molar-refractivity contribution in [1.29, 1.82) is 0 Å². The first kappa shape index (κ1) is 86.1. The van der Waals surface area contributed by atoms with Gasteiger partial charge in [0.15, 0.2) is 0 Å². The molecule has 0 unspecified atom stereocenters. The van der Waals surface area contributed by atoms with Gasteiger partial charge in [0, 0.05) is 154 Å². The van der Waals surface area contributed by atoms with Gasteiger partial charge in [-0.05, 0) is 264 Å². The number of H-pyrrole nitrogens is 5. The molecule has 27 nitrogen and oxygen atoms in total. The van der Waals surface area contributed by atoms with Gasteiger partial charge in [-0.1, -0.05) is 67.1 Å². The quantitative estimate of drug-likeness (QED) is 0.0409. The highest BCUT2D eigenvalue weighted by Crippen LogP contribution is 2.27. The maximum absolute atomic E-state index is 12.7. The number of carbonyl (C=O) groups excluding carboxylic acids is 5. The van der Waals surface area contributed by atoms with E-state index in [9.17, 15) is 53.1 Å². The lowest BCUT2D eigenvalue weighted by molar-refractivity contribution is 0.0984. The Morgan fingerprint density at radius 1 is 0.358 bits per heavy atom. The molecule has 15 aromatic rings. The molecule has 9 N–H and O–H groups in total. The van der Waals surface area contributed by atoms with Gasteiger partial charge in [-0.2, -0.15) is 0 Å². The fourth-order valence-corrected chi connectivity index (χ4v) is 12.9. The monoisotopic (exact) mass is 1640 g/mol. The second-order valence-electron chi connectivity index (χ2n) is 28.3. The minimum Gasteiger partial charge on any atom is -0.393 e. The third-order valence-electron chi connectivity index (χ3n) is 19.8. The molecule has 1 aliphatic heterocycles. The van der Waals surface area contributed by atoms with Gasteiger partial charge in [0.25, 0.3) is 57.3 Å². The predicted molar refractivity (Wildman–Crippen MR) is 479 cm³/mol. The normalized spacial score (nSPS) is 11.3. The lowest BCUT2D eigenvalue weighted by atomic mass is 10.1. The number of nitrogens with one attached hydrogen (secondary N) is 8. The number of hydrogen-bond donors (Lipinski definition) is 9. The van der Waals surface area contributed by atoms with Gasteiger partial charge in [-0.25, -0.2) is 0 Å². The average Bonchev–Trinajstić information content (AvgIpc) is 0.825. The zero-order valence-corrected chi connectivity index (χ0v) is 67.7. The molecule has 0 radical (unpaired) electrons. The van der Waals surface area contributed by atoms with Crippen LogP contribution in [0.4, 0.5) is 34.1 Å². The fraction of sp³-hybridized carbons (Fsp3) is 0.115. The van der Waals surface area contributed by atoms with Crippen LogP contribution in [0.2, 0.25) is 0 Å². The van der Waals surface area contributed by atoms with Crippen LogP contribution in [0, 0.1) is 13.8 Å². The van der Waals surface area contributed by atoms with E-state index in [0.717, 1.165) is 122 Å². The number of piperidine rings is 1. The highest BCUT2D eigenvalue weighted by molar-refractivity contribution is 6.08. The topological polar surface area (TPSA) is 380 Å². The van der Waals surface area contributed by atoms with Crippen LogP contribution in [0.25, 0.3) is 55.6 Å². The standard InChI is InChI=1S/C22H22N4O3.2C19H17N3O2.2C18H15N3O2/c27-19-7-11-26(12-8-19)18-3-1-17(2-4-18)25-22(29)20-13-16(14-24-21(20)28)15-5-9-23-10-6-15;1-13-3-5-16(6-4-13)22(2)19(24)17-11-15(12-21-18(17)23)14-7-9-20-10-8-14;1-2-13-4-3-5-16(10-13)22-19(24)17-11-15(12-21-18(17)23)14-6-8-20-9-7-14;1-12-3-2-4-15(9-12)21-18(23)16-10-14(11-20-17(16)22)13-5-7-19-8-6-13;1-21(15-5-3-2-4-6-15)18(23)16-11-14(12-20-17(16)22)13-7-9-19-10-8-13/h1-6,9-10,13-14,19,27H,7-8,11-12H2,(H,24,28)(H,25,29);3-12H,1-2H3,(H,21,23);3-12H,2H2,1H3,(H,21,23)(H,22,24);2-11H,1H3,(H,20,22)(H,21,23);2-12H,1H3,(H,20,22). The minimum atomic E-state index is -0.462. The van der Waals surface area contributed by atoms with E-state index in [1.54, 1.807) is 150 Å². The highest BCUT2D eigenvalue weighted by atomic mass is 16.3. The second-order valence-corrected chi connectivity index (χ2v) is 28.3. The summed E-state index contributed by atoms with van der Waals surface area (Å²) in [5.41, 5.74) is 14.2. The molecule has 0 saturated carbocycles. The van der Waals surface area contributed by atoms with E-state index >= 15 is 0 Å². The molecule has 11 heterocycles. The Morgan fingerprint density at radius 2 is 0.683 bits per heavy atom. The van der Waals surface area contributed by atoms with E-state index in [-0.39, 0.29) is 45.7 Å². The number of hydrogen-bond acceptors (Lipinski definition) is 17. The third-order valence-corrected chi connectivity index (χ3v) is 19.8. The zero-order valence-electron chi connectivity index (χ0n) is 67.7. The molecule has 16 rings (SSSR count). The Labute approximate surface area is 706 Å². The van der Waals surface area contributed by atoms with Crippen molar-refractivity contribution in [2.45, 2.75) is 46.1 Å². The van der Waals surface area contributed by atoms with Crippen LogP contribution < -0.4 is 58.4 Å². The number of pyridine rings is 10. The smallest absolute Gasteiger partial charge is 0.263 e. The summed E-state index contributed by atoms with van der Waals surface area (Å²) < 4.78 is 0. The first-order valence-corrected chi connectivity index (χ1v) is 39.1. The molecule has 5 amide bonds. The van der Waals surface area contributed by atoms with Crippen molar-refractivity contribution < 1.29 is 29.1 Å². The van der Waals surface area contributed by atoms with Crippen molar-refractivity contribution in [2.75, 3.05) is 57.8 Å². The summed E-state index contributed by atoms with van der Waals surface area (Å²) in [5.74, 6) is -2.03. The Morgan fingerprint density at radius 3 is 1.04 bits per heavy atom. The number of carbonyl (C=O) groups is 5.